The maximum absolute atomic E-state index is 12.8. The van der Waals surface area contributed by atoms with Crippen molar-refractivity contribution in [1.82, 2.24) is 24.8 Å². The van der Waals surface area contributed by atoms with Gasteiger partial charge in [0.2, 0.25) is 5.16 Å². The molecule has 4 aromatic heterocycles. The van der Waals surface area contributed by atoms with Gasteiger partial charge < -0.3 is 15.2 Å². The van der Waals surface area contributed by atoms with Gasteiger partial charge in [0.05, 0.1) is 16.9 Å². The predicted octanol–water partition coefficient (Wildman–Crippen LogP) is 4.38. The Hall–Kier alpha value is -3.37. The van der Waals surface area contributed by atoms with E-state index >= 15 is 0 Å². The van der Waals surface area contributed by atoms with Crippen molar-refractivity contribution in [2.75, 3.05) is 5.84 Å². The van der Waals surface area contributed by atoms with Gasteiger partial charge >= 0.3 is 0 Å². The Morgan fingerprint density at radius 2 is 2.03 bits per heavy atom. The van der Waals surface area contributed by atoms with E-state index in [1.807, 2.05) is 49.6 Å². The number of thiophene rings is 1. The molecule has 5 aromatic rings. The topological polar surface area (TPSA) is 116 Å². The van der Waals surface area contributed by atoms with Crippen LogP contribution in [0.3, 0.4) is 0 Å². The third kappa shape index (κ3) is 3.53. The van der Waals surface area contributed by atoms with Crippen molar-refractivity contribution in [2.24, 2.45) is 0 Å². The molecule has 4 heterocycles. The Bertz CT molecular complexity index is 1420. The fourth-order valence-corrected chi connectivity index (χ4v) is 5.00. The van der Waals surface area contributed by atoms with Crippen molar-refractivity contribution in [3.63, 3.8) is 0 Å². The molecule has 3 N–H and O–H groups in total. The van der Waals surface area contributed by atoms with Crippen LogP contribution in [0.2, 0.25) is 0 Å². The standard InChI is InChI=1S/C21H18N6O2S2/c1-11-5-7-13(8-6-11)18-25-26-21(27(18)22)31-12(2)17-23-19(28)16-14(10-30-20(16)24-17)15-4-3-9-29-15/h3-10,12H,22H2,1-2H3,(H,23,24,28). The number of aromatic nitrogens is 5. The molecule has 1 unspecified atom stereocenters. The number of thioether (sulfide) groups is 1. The van der Waals surface area contributed by atoms with Crippen molar-refractivity contribution in [1.29, 1.82) is 0 Å². The van der Waals surface area contributed by atoms with Gasteiger partial charge in [-0.15, -0.1) is 21.5 Å². The van der Waals surface area contributed by atoms with E-state index in [0.717, 1.165) is 16.7 Å². The number of H-pyrrole nitrogens is 1. The average Bonchev–Trinajstić information content (AvgIpc) is 3.49. The van der Waals surface area contributed by atoms with Crippen LogP contribution in [0.5, 0.6) is 0 Å². The lowest BCUT2D eigenvalue weighted by molar-refractivity contribution is 0.583. The third-order valence-corrected chi connectivity index (χ3v) is 6.83. The minimum atomic E-state index is -0.199. The van der Waals surface area contributed by atoms with Crippen LogP contribution < -0.4 is 11.4 Å². The highest BCUT2D eigenvalue weighted by Gasteiger charge is 2.20. The predicted molar refractivity (Wildman–Crippen MR) is 123 cm³/mol. The first-order valence-electron chi connectivity index (χ1n) is 9.50. The van der Waals surface area contributed by atoms with E-state index in [1.54, 1.807) is 12.3 Å². The number of hydrogen-bond acceptors (Lipinski definition) is 8. The van der Waals surface area contributed by atoms with Crippen molar-refractivity contribution in [3.8, 4) is 22.7 Å². The number of nitrogens with one attached hydrogen (secondary N) is 1. The molecule has 0 fully saturated rings. The highest BCUT2D eigenvalue weighted by Crippen LogP contribution is 2.35. The van der Waals surface area contributed by atoms with Crippen molar-refractivity contribution in [2.45, 2.75) is 24.3 Å². The summed E-state index contributed by atoms with van der Waals surface area (Å²) in [5.41, 5.74) is 2.59. The van der Waals surface area contributed by atoms with Gasteiger partial charge in [0.1, 0.15) is 16.4 Å². The van der Waals surface area contributed by atoms with Gasteiger partial charge in [-0.25, -0.2) is 9.66 Å². The lowest BCUT2D eigenvalue weighted by Crippen LogP contribution is -2.14. The number of fused-ring (bicyclic) bond motifs is 1. The zero-order valence-electron chi connectivity index (χ0n) is 16.7. The molecule has 5 rings (SSSR count). The van der Waals surface area contributed by atoms with Crippen LogP contribution in [0.25, 0.3) is 32.9 Å². The molecule has 0 aliphatic heterocycles. The maximum Gasteiger partial charge on any atom is 0.260 e. The molecule has 1 atom stereocenters. The van der Waals surface area contributed by atoms with E-state index in [-0.39, 0.29) is 10.8 Å². The number of nitrogens with two attached hydrogens (primary N) is 1. The minimum absolute atomic E-state index is 0.191. The molecule has 8 nitrogen and oxygen atoms in total. The number of rotatable bonds is 5. The van der Waals surface area contributed by atoms with Crippen molar-refractivity contribution in [3.05, 3.63) is 69.8 Å². The van der Waals surface area contributed by atoms with E-state index in [0.29, 0.717) is 32.8 Å². The van der Waals surface area contributed by atoms with Crippen LogP contribution in [0.4, 0.5) is 0 Å². The van der Waals surface area contributed by atoms with E-state index in [1.165, 1.54) is 27.8 Å². The molecule has 0 aliphatic carbocycles. The molecule has 156 valence electrons. The number of aromatic amines is 1. The largest absolute Gasteiger partial charge is 0.464 e. The van der Waals surface area contributed by atoms with Crippen LogP contribution in [-0.2, 0) is 0 Å². The minimum Gasteiger partial charge on any atom is -0.464 e. The molecule has 0 saturated carbocycles. The Morgan fingerprint density at radius 3 is 2.77 bits per heavy atom. The summed E-state index contributed by atoms with van der Waals surface area (Å²) >= 11 is 2.79. The van der Waals surface area contributed by atoms with E-state index in [2.05, 4.69) is 20.2 Å². The highest BCUT2D eigenvalue weighted by atomic mass is 32.2. The molecule has 0 saturated heterocycles. The summed E-state index contributed by atoms with van der Waals surface area (Å²) in [5.74, 6) is 8.02. The second-order valence-corrected chi connectivity index (χ2v) is 9.23. The fraction of sp³-hybridized carbons (Fsp3) is 0.143. The lowest BCUT2D eigenvalue weighted by Gasteiger charge is -2.10. The number of nitrogen functional groups attached to an aromatic ring is 1. The summed E-state index contributed by atoms with van der Waals surface area (Å²) in [7, 11) is 0. The Balaban J connectivity index is 1.44. The fourth-order valence-electron chi connectivity index (χ4n) is 3.24. The summed E-state index contributed by atoms with van der Waals surface area (Å²) in [6.07, 6.45) is 1.58. The first kappa shape index (κ1) is 19.6. The normalized spacial score (nSPS) is 12.5. The Kier molecular flexibility index (Phi) is 4.87. The summed E-state index contributed by atoms with van der Waals surface area (Å²) in [5, 5.41) is 11.2. The van der Waals surface area contributed by atoms with Crippen LogP contribution in [0.1, 0.15) is 23.6 Å². The SMILES string of the molecule is Cc1ccc(-c2nnc(SC(C)c3nc4scc(-c5ccco5)c4c(=O)[nH]3)n2N)cc1. The van der Waals surface area contributed by atoms with Gasteiger partial charge in [-0.05, 0) is 26.0 Å². The van der Waals surface area contributed by atoms with E-state index in [9.17, 15) is 4.79 Å². The number of furan rings is 1. The lowest BCUT2D eigenvalue weighted by atomic mass is 10.1. The van der Waals surface area contributed by atoms with Crippen molar-refractivity contribution >= 4 is 33.3 Å². The number of nitrogens with zero attached hydrogens (tertiary/aromatic N) is 4. The van der Waals surface area contributed by atoms with Gasteiger partial charge in [-0.3, -0.25) is 4.79 Å². The Labute approximate surface area is 185 Å². The second kappa shape index (κ2) is 7.71. The smallest absolute Gasteiger partial charge is 0.260 e. The van der Waals surface area contributed by atoms with Crippen molar-refractivity contribution < 1.29 is 4.42 Å². The monoisotopic (exact) mass is 450 g/mol. The molecule has 0 amide bonds. The quantitative estimate of drug-likeness (QED) is 0.301. The second-order valence-electron chi connectivity index (χ2n) is 7.06. The highest BCUT2D eigenvalue weighted by molar-refractivity contribution is 7.99. The number of aryl methyl sites for hydroxylation is 1. The summed E-state index contributed by atoms with van der Waals surface area (Å²) < 4.78 is 6.91. The summed E-state index contributed by atoms with van der Waals surface area (Å²) in [4.78, 5) is 21.1. The van der Waals surface area contributed by atoms with Gasteiger partial charge in [-0.2, -0.15) is 0 Å². The molecular weight excluding hydrogens is 432 g/mol. The van der Waals surface area contributed by atoms with Crippen LogP contribution in [0.15, 0.2) is 62.4 Å². The Morgan fingerprint density at radius 1 is 1.23 bits per heavy atom. The first-order valence-corrected chi connectivity index (χ1v) is 11.3. The van der Waals surface area contributed by atoms with E-state index in [4.69, 9.17) is 10.3 Å². The molecule has 10 heteroatoms. The van der Waals surface area contributed by atoms with Gasteiger partial charge in [0.15, 0.2) is 5.82 Å². The number of hydrogen-bond donors (Lipinski definition) is 2. The van der Waals surface area contributed by atoms with Crippen LogP contribution >= 0.6 is 23.1 Å². The first-order chi connectivity index (χ1) is 15.0. The molecule has 31 heavy (non-hydrogen) atoms. The summed E-state index contributed by atoms with van der Waals surface area (Å²) in [6, 6.07) is 11.5. The zero-order chi connectivity index (χ0) is 21.5. The maximum atomic E-state index is 12.8. The molecule has 0 aliphatic rings. The summed E-state index contributed by atoms with van der Waals surface area (Å²) in [6.45, 7) is 3.96. The van der Waals surface area contributed by atoms with Gasteiger partial charge in [0.25, 0.3) is 5.56 Å². The van der Waals surface area contributed by atoms with Gasteiger partial charge in [-0.1, -0.05) is 41.6 Å². The average molecular weight is 451 g/mol. The van der Waals surface area contributed by atoms with Crippen LogP contribution in [0, 0.1) is 6.92 Å². The van der Waals surface area contributed by atoms with Gasteiger partial charge in [0, 0.05) is 16.5 Å². The molecular formula is C21H18N6O2S2. The molecule has 0 spiro atoms. The zero-order valence-corrected chi connectivity index (χ0v) is 18.3. The van der Waals surface area contributed by atoms with E-state index < -0.39 is 0 Å². The number of benzene rings is 1. The molecule has 0 bridgehead atoms. The molecule has 0 radical (unpaired) electrons. The molecule has 1 aromatic carbocycles. The van der Waals surface area contributed by atoms with Crippen LogP contribution in [-0.4, -0.2) is 24.8 Å². The third-order valence-electron chi connectivity index (χ3n) is 4.89.